The number of rotatable bonds is 4. The monoisotopic (exact) mass is 408 g/mol. The van der Waals surface area contributed by atoms with E-state index in [1.165, 1.54) is 38.5 Å². The number of guanidine groups is 1. The van der Waals surface area contributed by atoms with Gasteiger partial charge < -0.3 is 16.4 Å². The van der Waals surface area contributed by atoms with Gasteiger partial charge in [-0.3, -0.25) is 4.79 Å². The molecule has 0 aromatic rings. The zero-order valence-electron chi connectivity index (χ0n) is 12.8. The third-order valence-corrected chi connectivity index (χ3v) is 4.32. The third kappa shape index (κ3) is 7.33. The van der Waals surface area contributed by atoms with Gasteiger partial charge in [-0.15, -0.1) is 24.0 Å². The van der Waals surface area contributed by atoms with Crippen molar-refractivity contribution in [1.29, 1.82) is 0 Å². The van der Waals surface area contributed by atoms with Crippen molar-refractivity contribution < 1.29 is 4.79 Å². The molecular weight excluding hydrogens is 379 g/mol. The maximum atomic E-state index is 11.8. The summed E-state index contributed by atoms with van der Waals surface area (Å²) in [7, 11) is 0. The molecule has 0 aliphatic heterocycles. The van der Waals surface area contributed by atoms with E-state index in [-0.39, 0.29) is 36.4 Å². The molecule has 6 heteroatoms. The van der Waals surface area contributed by atoms with Crippen molar-refractivity contribution in [2.75, 3.05) is 6.54 Å². The second-order valence-electron chi connectivity index (χ2n) is 6.08. The number of aliphatic imine (C=N–C) groups is 1. The molecular formula is C15H29IN4O. The Kier molecular flexibility index (Phi) is 9.03. The summed E-state index contributed by atoms with van der Waals surface area (Å²) in [6.07, 6.45) is 12.1. The smallest absolute Gasteiger partial charge is 0.242 e. The van der Waals surface area contributed by atoms with Crippen LogP contribution in [0.1, 0.15) is 64.2 Å². The summed E-state index contributed by atoms with van der Waals surface area (Å²) >= 11 is 0. The molecule has 2 fully saturated rings. The van der Waals surface area contributed by atoms with Gasteiger partial charge in [-0.1, -0.05) is 38.5 Å². The Morgan fingerprint density at radius 2 is 1.38 bits per heavy atom. The Labute approximate surface area is 144 Å². The molecule has 0 unspecified atom stereocenters. The minimum Gasteiger partial charge on any atom is -0.370 e. The molecule has 122 valence electrons. The average molecular weight is 408 g/mol. The van der Waals surface area contributed by atoms with Crippen molar-refractivity contribution in [3.05, 3.63) is 0 Å². The largest absolute Gasteiger partial charge is 0.370 e. The van der Waals surface area contributed by atoms with E-state index < -0.39 is 0 Å². The first kappa shape index (κ1) is 18.5. The number of carbonyl (C=O) groups is 1. The van der Waals surface area contributed by atoms with Crippen LogP contribution in [0.25, 0.3) is 0 Å². The number of amides is 1. The van der Waals surface area contributed by atoms with E-state index in [0.29, 0.717) is 18.0 Å². The number of hydrogen-bond acceptors (Lipinski definition) is 2. The molecule has 2 aliphatic rings. The number of nitrogens with two attached hydrogens (primary N) is 1. The highest BCUT2D eigenvalue weighted by Gasteiger charge is 2.16. The lowest BCUT2D eigenvalue weighted by Crippen LogP contribution is -2.42. The molecule has 0 saturated heterocycles. The average Bonchev–Trinajstić information content (AvgIpc) is 2.47. The van der Waals surface area contributed by atoms with E-state index in [2.05, 4.69) is 15.6 Å². The van der Waals surface area contributed by atoms with Crippen molar-refractivity contribution in [3.8, 4) is 0 Å². The Bertz CT molecular complexity index is 337. The zero-order valence-corrected chi connectivity index (χ0v) is 15.1. The van der Waals surface area contributed by atoms with Crippen LogP contribution in [0.15, 0.2) is 4.99 Å². The van der Waals surface area contributed by atoms with Gasteiger partial charge in [-0.05, 0) is 25.7 Å². The summed E-state index contributed by atoms with van der Waals surface area (Å²) in [5.41, 5.74) is 5.84. The van der Waals surface area contributed by atoms with Crippen molar-refractivity contribution in [1.82, 2.24) is 10.6 Å². The van der Waals surface area contributed by atoms with Crippen LogP contribution in [-0.4, -0.2) is 30.5 Å². The Morgan fingerprint density at radius 3 is 1.90 bits per heavy atom. The van der Waals surface area contributed by atoms with Crippen molar-refractivity contribution in [3.63, 3.8) is 0 Å². The Morgan fingerprint density at radius 1 is 0.905 bits per heavy atom. The van der Waals surface area contributed by atoms with Gasteiger partial charge in [0.05, 0.1) is 0 Å². The van der Waals surface area contributed by atoms with Crippen LogP contribution in [0, 0.1) is 0 Å². The van der Waals surface area contributed by atoms with Crippen LogP contribution in [0.3, 0.4) is 0 Å². The number of nitrogens with zero attached hydrogens (tertiary/aromatic N) is 1. The first-order valence-electron chi connectivity index (χ1n) is 8.10. The predicted molar refractivity (Wildman–Crippen MR) is 96.9 cm³/mol. The lowest BCUT2D eigenvalue weighted by molar-refractivity contribution is -0.120. The molecule has 4 N–H and O–H groups in total. The Hall–Kier alpha value is -0.530. The highest BCUT2D eigenvalue weighted by Crippen LogP contribution is 2.17. The third-order valence-electron chi connectivity index (χ3n) is 4.32. The molecule has 0 radical (unpaired) electrons. The van der Waals surface area contributed by atoms with E-state index >= 15 is 0 Å². The van der Waals surface area contributed by atoms with Gasteiger partial charge in [0, 0.05) is 12.1 Å². The molecule has 0 spiro atoms. The number of hydrogen-bond donors (Lipinski definition) is 3. The molecule has 5 nitrogen and oxygen atoms in total. The fourth-order valence-corrected chi connectivity index (χ4v) is 3.18. The minimum absolute atomic E-state index is 0. The maximum Gasteiger partial charge on any atom is 0.242 e. The lowest BCUT2D eigenvalue weighted by atomic mass is 9.95. The SMILES string of the molecule is I.NC(=NCC(=O)NC1CCCCC1)NC1CCCCC1. The fraction of sp³-hybridized carbons (Fsp3) is 0.867. The van der Waals surface area contributed by atoms with E-state index in [4.69, 9.17) is 5.73 Å². The number of halogens is 1. The van der Waals surface area contributed by atoms with E-state index in [0.717, 1.165) is 25.7 Å². The zero-order chi connectivity index (χ0) is 14.2. The van der Waals surface area contributed by atoms with Gasteiger partial charge in [0.2, 0.25) is 5.91 Å². The molecule has 0 bridgehead atoms. The summed E-state index contributed by atoms with van der Waals surface area (Å²) in [6.45, 7) is 0.141. The summed E-state index contributed by atoms with van der Waals surface area (Å²) < 4.78 is 0. The molecule has 0 heterocycles. The van der Waals surface area contributed by atoms with Crippen LogP contribution < -0.4 is 16.4 Å². The predicted octanol–water partition coefficient (Wildman–Crippen LogP) is 2.29. The van der Waals surface area contributed by atoms with Gasteiger partial charge in [0.15, 0.2) is 5.96 Å². The van der Waals surface area contributed by atoms with Crippen LogP contribution >= 0.6 is 24.0 Å². The van der Waals surface area contributed by atoms with Crippen molar-refractivity contribution in [2.24, 2.45) is 10.7 Å². The highest BCUT2D eigenvalue weighted by atomic mass is 127. The van der Waals surface area contributed by atoms with E-state index in [1.807, 2.05) is 0 Å². The Balaban J connectivity index is 0.00000220. The molecule has 0 aromatic heterocycles. The van der Waals surface area contributed by atoms with Gasteiger partial charge in [-0.2, -0.15) is 0 Å². The quantitative estimate of drug-likeness (QED) is 0.380. The van der Waals surface area contributed by atoms with Gasteiger partial charge in [-0.25, -0.2) is 4.99 Å². The lowest BCUT2D eigenvalue weighted by Gasteiger charge is -2.23. The molecule has 1 amide bonds. The van der Waals surface area contributed by atoms with E-state index in [1.54, 1.807) is 0 Å². The molecule has 2 aliphatic carbocycles. The number of nitrogens with one attached hydrogen (secondary N) is 2. The highest BCUT2D eigenvalue weighted by molar-refractivity contribution is 14.0. The van der Waals surface area contributed by atoms with Crippen LogP contribution in [0.4, 0.5) is 0 Å². The normalized spacial score (nSPS) is 21.4. The standard InChI is InChI=1S/C15H28N4O.HI/c16-15(19-13-9-5-2-6-10-13)17-11-14(20)18-12-7-3-1-4-8-12;/h12-13H,1-11H2,(H,18,20)(H3,16,17,19);1H. The molecule has 2 saturated carbocycles. The minimum atomic E-state index is -0.00899. The van der Waals surface area contributed by atoms with Crippen LogP contribution in [-0.2, 0) is 4.79 Å². The molecule has 0 atom stereocenters. The van der Waals surface area contributed by atoms with E-state index in [9.17, 15) is 4.79 Å². The van der Waals surface area contributed by atoms with Gasteiger partial charge in [0.1, 0.15) is 6.54 Å². The summed E-state index contributed by atoms with van der Waals surface area (Å²) in [5.74, 6) is 0.404. The van der Waals surface area contributed by atoms with Crippen LogP contribution in [0.2, 0.25) is 0 Å². The fourth-order valence-electron chi connectivity index (χ4n) is 3.18. The summed E-state index contributed by atoms with van der Waals surface area (Å²) in [6, 6.07) is 0.785. The summed E-state index contributed by atoms with van der Waals surface area (Å²) in [4.78, 5) is 16.0. The summed E-state index contributed by atoms with van der Waals surface area (Å²) in [5, 5.41) is 6.27. The second kappa shape index (κ2) is 10.2. The topological polar surface area (TPSA) is 79.5 Å². The first-order valence-corrected chi connectivity index (χ1v) is 8.10. The van der Waals surface area contributed by atoms with Crippen LogP contribution in [0.5, 0.6) is 0 Å². The van der Waals surface area contributed by atoms with Gasteiger partial charge >= 0.3 is 0 Å². The van der Waals surface area contributed by atoms with Gasteiger partial charge in [0.25, 0.3) is 0 Å². The first-order chi connectivity index (χ1) is 9.74. The molecule has 21 heavy (non-hydrogen) atoms. The molecule has 0 aromatic carbocycles. The number of carbonyl (C=O) groups excluding carboxylic acids is 1. The maximum absolute atomic E-state index is 11.8. The molecule has 2 rings (SSSR count). The van der Waals surface area contributed by atoms with Crippen molar-refractivity contribution in [2.45, 2.75) is 76.3 Å². The van der Waals surface area contributed by atoms with Crippen molar-refractivity contribution >= 4 is 35.8 Å². The second-order valence-corrected chi connectivity index (χ2v) is 6.08.